The van der Waals surface area contributed by atoms with E-state index < -0.39 is 5.54 Å². The average Bonchev–Trinajstić information content (AvgIpc) is 2.65. The second-order valence-electron chi connectivity index (χ2n) is 4.76. The summed E-state index contributed by atoms with van der Waals surface area (Å²) in [5.41, 5.74) is 1.03. The fraction of sp³-hybridized carbons (Fsp3) is 0.667. The Hall–Kier alpha value is -1.36. The van der Waals surface area contributed by atoms with Crippen LogP contribution in [0.2, 0.25) is 0 Å². The van der Waals surface area contributed by atoms with Gasteiger partial charge in [0.25, 0.3) is 5.91 Å². The van der Waals surface area contributed by atoms with Gasteiger partial charge in [0, 0.05) is 13.2 Å². The van der Waals surface area contributed by atoms with Crippen molar-refractivity contribution in [1.29, 1.82) is 0 Å². The molecule has 5 nitrogen and oxygen atoms in total. The number of rotatable bonds is 4. The van der Waals surface area contributed by atoms with Crippen LogP contribution in [0.25, 0.3) is 0 Å². The molecule has 1 saturated carbocycles. The third-order valence-electron chi connectivity index (χ3n) is 3.48. The van der Waals surface area contributed by atoms with Gasteiger partial charge in [-0.3, -0.25) is 9.48 Å². The lowest BCUT2D eigenvalue weighted by atomic mass is 9.77. The highest BCUT2D eigenvalue weighted by molar-refractivity contribution is 5.95. The number of aliphatic hydroxyl groups is 1. The third kappa shape index (κ3) is 2.20. The van der Waals surface area contributed by atoms with Gasteiger partial charge in [0.15, 0.2) is 0 Å². The van der Waals surface area contributed by atoms with Crippen molar-refractivity contribution in [2.45, 2.75) is 38.1 Å². The molecule has 1 aromatic heterocycles. The van der Waals surface area contributed by atoms with Crippen molar-refractivity contribution in [2.24, 2.45) is 7.05 Å². The standard InChI is InChI=1S/C12H19N3O2/c1-3-10-9(7-15(2)14-10)11(17)13-12(8-16)5-4-6-12/h7,16H,3-6,8H2,1-2H3,(H,13,17). The summed E-state index contributed by atoms with van der Waals surface area (Å²) in [4.78, 5) is 12.1. The Labute approximate surface area is 101 Å². The molecule has 0 atom stereocenters. The molecule has 5 heteroatoms. The van der Waals surface area contributed by atoms with Crippen LogP contribution in [0.3, 0.4) is 0 Å². The van der Waals surface area contributed by atoms with Crippen LogP contribution < -0.4 is 5.32 Å². The number of aryl methyl sites for hydroxylation is 2. The molecular formula is C12H19N3O2. The number of hydrogen-bond donors (Lipinski definition) is 2. The van der Waals surface area contributed by atoms with Gasteiger partial charge >= 0.3 is 0 Å². The fourth-order valence-electron chi connectivity index (χ4n) is 2.22. The van der Waals surface area contributed by atoms with Crippen molar-refractivity contribution in [2.75, 3.05) is 6.61 Å². The molecule has 0 spiro atoms. The SMILES string of the molecule is CCc1nn(C)cc1C(=O)NC1(CO)CCC1. The first-order valence-corrected chi connectivity index (χ1v) is 6.06. The van der Waals surface area contributed by atoms with E-state index in [1.54, 1.807) is 17.9 Å². The molecule has 0 saturated heterocycles. The lowest BCUT2D eigenvalue weighted by molar-refractivity contribution is 0.0641. The number of nitrogens with one attached hydrogen (secondary N) is 1. The van der Waals surface area contributed by atoms with Crippen LogP contribution in [0.15, 0.2) is 6.20 Å². The second kappa shape index (κ2) is 4.49. The first kappa shape index (κ1) is 12.1. The van der Waals surface area contributed by atoms with Crippen molar-refractivity contribution in [3.63, 3.8) is 0 Å². The summed E-state index contributed by atoms with van der Waals surface area (Å²) in [7, 11) is 1.81. The molecule has 17 heavy (non-hydrogen) atoms. The average molecular weight is 237 g/mol. The molecule has 1 aliphatic rings. The van der Waals surface area contributed by atoms with Crippen LogP contribution in [0.5, 0.6) is 0 Å². The Balaban J connectivity index is 2.14. The maximum absolute atomic E-state index is 12.1. The van der Waals surface area contributed by atoms with Gasteiger partial charge in [0.05, 0.1) is 23.4 Å². The van der Waals surface area contributed by atoms with E-state index in [0.29, 0.717) is 5.56 Å². The van der Waals surface area contributed by atoms with Gasteiger partial charge in [0.2, 0.25) is 0 Å². The van der Waals surface area contributed by atoms with Crippen molar-refractivity contribution in [1.82, 2.24) is 15.1 Å². The Morgan fingerprint density at radius 3 is 2.82 bits per heavy atom. The maximum atomic E-state index is 12.1. The van der Waals surface area contributed by atoms with Crippen LogP contribution in [-0.4, -0.2) is 32.9 Å². The minimum atomic E-state index is -0.391. The zero-order valence-corrected chi connectivity index (χ0v) is 10.4. The van der Waals surface area contributed by atoms with Gasteiger partial charge in [-0.2, -0.15) is 5.10 Å². The van der Waals surface area contributed by atoms with E-state index in [-0.39, 0.29) is 12.5 Å². The molecule has 2 rings (SSSR count). The van der Waals surface area contributed by atoms with Gasteiger partial charge in [0.1, 0.15) is 0 Å². The number of carbonyl (C=O) groups is 1. The second-order valence-corrected chi connectivity index (χ2v) is 4.76. The van der Waals surface area contributed by atoms with E-state index in [1.807, 2.05) is 6.92 Å². The number of hydrogen-bond acceptors (Lipinski definition) is 3. The molecule has 1 aliphatic carbocycles. The molecule has 0 radical (unpaired) electrons. The van der Waals surface area contributed by atoms with Crippen molar-refractivity contribution < 1.29 is 9.90 Å². The highest BCUT2D eigenvalue weighted by Gasteiger charge is 2.38. The van der Waals surface area contributed by atoms with Crippen molar-refractivity contribution >= 4 is 5.91 Å². The van der Waals surface area contributed by atoms with E-state index in [4.69, 9.17) is 0 Å². The Morgan fingerprint density at radius 2 is 2.35 bits per heavy atom. The predicted molar refractivity (Wildman–Crippen MR) is 63.7 cm³/mol. The molecule has 1 aromatic rings. The molecule has 1 fully saturated rings. The van der Waals surface area contributed by atoms with Crippen LogP contribution in [0.1, 0.15) is 42.2 Å². The van der Waals surface area contributed by atoms with Gasteiger partial charge in [-0.15, -0.1) is 0 Å². The third-order valence-corrected chi connectivity index (χ3v) is 3.48. The zero-order valence-electron chi connectivity index (χ0n) is 10.4. The summed E-state index contributed by atoms with van der Waals surface area (Å²) >= 11 is 0. The van der Waals surface area contributed by atoms with Gasteiger partial charge in [-0.1, -0.05) is 6.92 Å². The first-order valence-electron chi connectivity index (χ1n) is 6.06. The molecule has 2 N–H and O–H groups in total. The molecule has 1 amide bonds. The molecule has 94 valence electrons. The van der Waals surface area contributed by atoms with Crippen molar-refractivity contribution in [3.8, 4) is 0 Å². The van der Waals surface area contributed by atoms with Crippen LogP contribution in [0, 0.1) is 0 Å². The van der Waals surface area contributed by atoms with Crippen LogP contribution >= 0.6 is 0 Å². The summed E-state index contributed by atoms with van der Waals surface area (Å²) in [6.45, 7) is 1.99. The molecule has 0 bridgehead atoms. The minimum Gasteiger partial charge on any atom is -0.394 e. The molecule has 1 heterocycles. The van der Waals surface area contributed by atoms with Crippen molar-refractivity contribution in [3.05, 3.63) is 17.5 Å². The summed E-state index contributed by atoms with van der Waals surface area (Å²) in [6.07, 6.45) is 5.25. The first-order chi connectivity index (χ1) is 8.10. The monoisotopic (exact) mass is 237 g/mol. The van der Waals surface area contributed by atoms with Gasteiger partial charge in [-0.05, 0) is 25.7 Å². The Bertz CT molecular complexity index is 416. The molecular weight excluding hydrogens is 218 g/mol. The number of carbonyl (C=O) groups excluding carboxylic acids is 1. The lowest BCUT2D eigenvalue weighted by Gasteiger charge is -2.40. The minimum absolute atomic E-state index is 0.0143. The summed E-state index contributed by atoms with van der Waals surface area (Å²) in [5, 5.41) is 16.5. The van der Waals surface area contributed by atoms with E-state index >= 15 is 0 Å². The normalized spacial score (nSPS) is 17.6. The molecule has 0 unspecified atom stereocenters. The maximum Gasteiger partial charge on any atom is 0.255 e. The van der Waals surface area contributed by atoms with E-state index in [0.717, 1.165) is 31.4 Å². The topological polar surface area (TPSA) is 67.2 Å². The number of aliphatic hydroxyl groups excluding tert-OH is 1. The highest BCUT2D eigenvalue weighted by Crippen LogP contribution is 2.31. The fourth-order valence-corrected chi connectivity index (χ4v) is 2.22. The van der Waals surface area contributed by atoms with Crippen LogP contribution in [-0.2, 0) is 13.5 Å². The summed E-state index contributed by atoms with van der Waals surface area (Å²) in [6, 6.07) is 0. The summed E-state index contributed by atoms with van der Waals surface area (Å²) in [5.74, 6) is -0.122. The highest BCUT2D eigenvalue weighted by atomic mass is 16.3. The Morgan fingerprint density at radius 1 is 1.65 bits per heavy atom. The predicted octanol–water partition coefficient (Wildman–Crippen LogP) is 0.627. The zero-order chi connectivity index (χ0) is 12.5. The van der Waals surface area contributed by atoms with E-state index in [9.17, 15) is 9.90 Å². The Kier molecular flexibility index (Phi) is 3.19. The quantitative estimate of drug-likeness (QED) is 0.807. The lowest BCUT2D eigenvalue weighted by Crippen LogP contribution is -2.56. The number of aromatic nitrogens is 2. The largest absolute Gasteiger partial charge is 0.394 e. The number of amides is 1. The number of nitrogens with zero attached hydrogens (tertiary/aromatic N) is 2. The summed E-state index contributed by atoms with van der Waals surface area (Å²) < 4.78 is 1.65. The van der Waals surface area contributed by atoms with Gasteiger partial charge < -0.3 is 10.4 Å². The molecule has 0 aliphatic heterocycles. The van der Waals surface area contributed by atoms with E-state index in [2.05, 4.69) is 10.4 Å². The smallest absolute Gasteiger partial charge is 0.255 e. The van der Waals surface area contributed by atoms with E-state index in [1.165, 1.54) is 0 Å². The van der Waals surface area contributed by atoms with Crippen LogP contribution in [0.4, 0.5) is 0 Å². The van der Waals surface area contributed by atoms with Gasteiger partial charge in [-0.25, -0.2) is 0 Å². The molecule has 0 aromatic carbocycles.